The lowest BCUT2D eigenvalue weighted by Gasteiger charge is -2.10. The minimum absolute atomic E-state index is 0.0702. The summed E-state index contributed by atoms with van der Waals surface area (Å²) in [6.45, 7) is 0. The Balaban J connectivity index is 2.51. The second-order valence-electron chi connectivity index (χ2n) is 4.28. The van der Waals surface area contributed by atoms with Crippen LogP contribution in [0.4, 0.5) is 0 Å². The number of carbonyl (C=O) groups excluding carboxylic acids is 1. The Morgan fingerprint density at radius 1 is 0.944 bits per heavy atom. The molecule has 0 atom stereocenters. The number of benzene rings is 2. The Bertz CT molecular complexity index is 632. The predicted octanol–water partition coefficient (Wildman–Crippen LogP) is 2.24. The van der Waals surface area contributed by atoms with Gasteiger partial charge in [0.2, 0.25) is 0 Å². The number of hydrogen-bond donors (Lipinski definition) is 1. The summed E-state index contributed by atoms with van der Waals surface area (Å²) in [6.07, 6.45) is 0. The van der Waals surface area contributed by atoms with Crippen molar-refractivity contribution in [2.75, 3.05) is 14.1 Å². The lowest BCUT2D eigenvalue weighted by Crippen LogP contribution is -2.21. The monoisotopic (exact) mass is 243 g/mol. The lowest BCUT2D eigenvalue weighted by atomic mass is 10.0. The average molecular weight is 243 g/mol. The smallest absolute Gasteiger partial charge is 0.335 e. The van der Waals surface area contributed by atoms with Crippen molar-refractivity contribution in [3.8, 4) is 0 Å². The molecule has 1 amide bonds. The van der Waals surface area contributed by atoms with Gasteiger partial charge in [-0.05, 0) is 35.0 Å². The topological polar surface area (TPSA) is 57.6 Å². The Labute approximate surface area is 104 Å². The van der Waals surface area contributed by atoms with E-state index in [0.717, 1.165) is 10.8 Å². The zero-order valence-electron chi connectivity index (χ0n) is 10.2. The van der Waals surface area contributed by atoms with Gasteiger partial charge in [0.15, 0.2) is 0 Å². The van der Waals surface area contributed by atoms with Crippen LogP contribution in [0.3, 0.4) is 0 Å². The highest BCUT2D eigenvalue weighted by Gasteiger charge is 2.09. The third-order valence-electron chi connectivity index (χ3n) is 2.74. The third-order valence-corrected chi connectivity index (χ3v) is 2.74. The van der Waals surface area contributed by atoms with Crippen molar-refractivity contribution >= 4 is 22.6 Å². The molecular formula is C14H13NO3. The highest BCUT2D eigenvalue weighted by molar-refractivity contribution is 6.00. The van der Waals surface area contributed by atoms with Crippen LogP contribution in [0.5, 0.6) is 0 Å². The van der Waals surface area contributed by atoms with Crippen LogP contribution in [0.2, 0.25) is 0 Å². The molecule has 4 heteroatoms. The molecule has 0 aliphatic heterocycles. The van der Waals surface area contributed by atoms with Crippen molar-refractivity contribution in [1.82, 2.24) is 4.90 Å². The summed E-state index contributed by atoms with van der Waals surface area (Å²) >= 11 is 0. The van der Waals surface area contributed by atoms with E-state index in [1.807, 2.05) is 0 Å². The van der Waals surface area contributed by atoms with Crippen molar-refractivity contribution in [3.05, 3.63) is 47.5 Å². The minimum Gasteiger partial charge on any atom is -0.478 e. The summed E-state index contributed by atoms with van der Waals surface area (Å²) in [5.41, 5.74) is 0.838. The first-order chi connectivity index (χ1) is 8.49. The zero-order chi connectivity index (χ0) is 13.3. The van der Waals surface area contributed by atoms with Crippen LogP contribution in [0.15, 0.2) is 36.4 Å². The second-order valence-corrected chi connectivity index (χ2v) is 4.28. The van der Waals surface area contributed by atoms with E-state index in [1.54, 1.807) is 44.4 Å². The molecule has 0 fully saturated rings. The Kier molecular flexibility index (Phi) is 3.02. The maximum absolute atomic E-state index is 11.8. The summed E-state index contributed by atoms with van der Waals surface area (Å²) in [5, 5.41) is 10.6. The summed E-state index contributed by atoms with van der Waals surface area (Å²) in [7, 11) is 3.39. The van der Waals surface area contributed by atoms with Gasteiger partial charge < -0.3 is 10.0 Å². The second kappa shape index (κ2) is 4.49. The highest BCUT2D eigenvalue weighted by Crippen LogP contribution is 2.18. The van der Waals surface area contributed by atoms with E-state index < -0.39 is 5.97 Å². The molecule has 0 radical (unpaired) electrons. The number of fused-ring (bicyclic) bond motifs is 1. The summed E-state index contributed by atoms with van der Waals surface area (Å²) < 4.78 is 0. The third kappa shape index (κ3) is 2.18. The lowest BCUT2D eigenvalue weighted by molar-refractivity contribution is 0.0696. The van der Waals surface area contributed by atoms with Crippen molar-refractivity contribution in [1.29, 1.82) is 0 Å². The standard InChI is InChI=1S/C14H13NO3/c1-15(2)13(16)11-5-3-10-8-12(14(17)18)6-4-9(10)7-11/h3-8H,1-2H3,(H,17,18). The van der Waals surface area contributed by atoms with Crippen molar-refractivity contribution in [3.63, 3.8) is 0 Å². The van der Waals surface area contributed by atoms with Crippen LogP contribution in [0.1, 0.15) is 20.7 Å². The van der Waals surface area contributed by atoms with E-state index in [2.05, 4.69) is 0 Å². The summed E-state index contributed by atoms with van der Waals surface area (Å²) in [5.74, 6) is -1.02. The van der Waals surface area contributed by atoms with Crippen molar-refractivity contribution in [2.24, 2.45) is 0 Å². The van der Waals surface area contributed by atoms with Gasteiger partial charge in [-0.2, -0.15) is 0 Å². The van der Waals surface area contributed by atoms with Crippen molar-refractivity contribution < 1.29 is 14.7 Å². The molecule has 2 aromatic rings. The number of carboxylic acids is 1. The Morgan fingerprint density at radius 2 is 1.44 bits per heavy atom. The molecule has 92 valence electrons. The Morgan fingerprint density at radius 3 is 1.94 bits per heavy atom. The van der Waals surface area contributed by atoms with Gasteiger partial charge in [-0.25, -0.2) is 4.79 Å². The Hall–Kier alpha value is -2.36. The number of aromatic carboxylic acids is 1. The highest BCUT2D eigenvalue weighted by atomic mass is 16.4. The first kappa shape index (κ1) is 12.1. The maximum Gasteiger partial charge on any atom is 0.335 e. The molecule has 0 aliphatic rings. The molecule has 0 heterocycles. The van der Waals surface area contributed by atoms with Gasteiger partial charge in [-0.3, -0.25) is 4.79 Å². The van der Waals surface area contributed by atoms with Crippen LogP contribution in [0, 0.1) is 0 Å². The van der Waals surface area contributed by atoms with Crippen molar-refractivity contribution in [2.45, 2.75) is 0 Å². The molecule has 18 heavy (non-hydrogen) atoms. The summed E-state index contributed by atoms with van der Waals surface area (Å²) in [4.78, 5) is 24.2. The normalized spacial score (nSPS) is 10.3. The SMILES string of the molecule is CN(C)C(=O)c1ccc2cc(C(=O)O)ccc2c1. The minimum atomic E-state index is -0.953. The molecule has 0 saturated carbocycles. The average Bonchev–Trinajstić information content (AvgIpc) is 2.36. The molecule has 2 aromatic carbocycles. The van der Waals surface area contributed by atoms with E-state index in [9.17, 15) is 9.59 Å². The van der Waals surface area contributed by atoms with Gasteiger partial charge in [0.25, 0.3) is 5.91 Å². The van der Waals surface area contributed by atoms with Gasteiger partial charge >= 0.3 is 5.97 Å². The molecule has 4 nitrogen and oxygen atoms in total. The van der Waals surface area contributed by atoms with E-state index in [0.29, 0.717) is 5.56 Å². The largest absolute Gasteiger partial charge is 0.478 e. The van der Waals surface area contributed by atoms with Gasteiger partial charge in [-0.15, -0.1) is 0 Å². The van der Waals surface area contributed by atoms with E-state index in [-0.39, 0.29) is 11.5 Å². The fourth-order valence-electron chi connectivity index (χ4n) is 1.77. The van der Waals surface area contributed by atoms with E-state index in [4.69, 9.17) is 5.11 Å². The number of rotatable bonds is 2. The molecule has 0 saturated heterocycles. The predicted molar refractivity (Wildman–Crippen MR) is 68.9 cm³/mol. The molecule has 0 spiro atoms. The van der Waals surface area contributed by atoms with Gasteiger partial charge in [0.1, 0.15) is 0 Å². The molecule has 2 rings (SSSR count). The van der Waals surface area contributed by atoms with Crippen LogP contribution in [0.25, 0.3) is 10.8 Å². The van der Waals surface area contributed by atoms with E-state index >= 15 is 0 Å². The number of hydrogen-bond acceptors (Lipinski definition) is 2. The van der Waals surface area contributed by atoms with Crippen LogP contribution in [-0.4, -0.2) is 36.0 Å². The van der Waals surface area contributed by atoms with Gasteiger partial charge in [-0.1, -0.05) is 12.1 Å². The summed E-state index contributed by atoms with van der Waals surface area (Å²) in [6, 6.07) is 10.1. The molecule has 0 unspecified atom stereocenters. The fourth-order valence-corrected chi connectivity index (χ4v) is 1.77. The first-order valence-corrected chi connectivity index (χ1v) is 5.48. The fraction of sp³-hybridized carbons (Fsp3) is 0.143. The molecule has 0 bridgehead atoms. The molecule has 1 N–H and O–H groups in total. The maximum atomic E-state index is 11.8. The molecule has 0 aliphatic carbocycles. The number of amides is 1. The van der Waals surface area contributed by atoms with Gasteiger partial charge in [0.05, 0.1) is 5.56 Å². The quantitative estimate of drug-likeness (QED) is 0.880. The van der Waals surface area contributed by atoms with Gasteiger partial charge in [0, 0.05) is 19.7 Å². The molecule has 0 aromatic heterocycles. The molecular weight excluding hydrogens is 230 g/mol. The zero-order valence-corrected chi connectivity index (χ0v) is 10.2. The van der Waals surface area contributed by atoms with E-state index in [1.165, 1.54) is 11.0 Å². The number of nitrogens with zero attached hydrogens (tertiary/aromatic N) is 1. The number of carbonyl (C=O) groups is 2. The van der Waals surface area contributed by atoms with Crippen LogP contribution >= 0.6 is 0 Å². The first-order valence-electron chi connectivity index (χ1n) is 5.48. The van der Waals surface area contributed by atoms with Crippen LogP contribution < -0.4 is 0 Å². The van der Waals surface area contributed by atoms with Crippen LogP contribution in [-0.2, 0) is 0 Å². The number of carboxylic acid groups (broad SMARTS) is 1.